The first kappa shape index (κ1) is 23.3. The van der Waals surface area contributed by atoms with Crippen molar-refractivity contribution >= 4 is 33.6 Å². The largest absolute Gasteiger partial charge is 0.327 e. The van der Waals surface area contributed by atoms with Crippen LogP contribution in [0, 0.1) is 0 Å². The average Bonchev–Trinajstić information content (AvgIpc) is 2.76. The summed E-state index contributed by atoms with van der Waals surface area (Å²) < 4.78 is 25.8. The number of sulfonamides is 1. The minimum absolute atomic E-state index is 0.146. The van der Waals surface area contributed by atoms with Crippen LogP contribution in [0.2, 0.25) is 0 Å². The molecule has 2 N–H and O–H groups in total. The van der Waals surface area contributed by atoms with Crippen LogP contribution in [0.25, 0.3) is 6.08 Å². The van der Waals surface area contributed by atoms with Gasteiger partial charge in [0.1, 0.15) is 6.04 Å². The third-order valence-corrected chi connectivity index (χ3v) is 5.94. The molecule has 0 aliphatic carbocycles. The second kappa shape index (κ2) is 10.7. The molecule has 0 heterocycles. The number of rotatable bonds is 9. The molecule has 2 aromatic rings. The lowest BCUT2D eigenvalue weighted by Crippen LogP contribution is -2.45. The number of para-hydroxylation sites is 1. The lowest BCUT2D eigenvalue weighted by atomic mass is 10.2. The fraction of sp³-hybridized carbons (Fsp3) is 0.273. The molecule has 0 fully saturated rings. The van der Waals surface area contributed by atoms with E-state index in [1.165, 1.54) is 30.2 Å². The van der Waals surface area contributed by atoms with E-state index in [2.05, 4.69) is 10.0 Å². The van der Waals surface area contributed by atoms with E-state index in [4.69, 9.17) is 0 Å². The third kappa shape index (κ3) is 6.27. The van der Waals surface area contributed by atoms with E-state index in [1.54, 1.807) is 37.3 Å². The molecule has 2 amide bonds. The molecular weight excluding hydrogens is 402 g/mol. The molecule has 0 saturated heterocycles. The van der Waals surface area contributed by atoms with Gasteiger partial charge in [0.05, 0.1) is 4.90 Å². The van der Waals surface area contributed by atoms with Crippen LogP contribution in [0.4, 0.5) is 5.69 Å². The number of carbonyl (C=O) groups is 2. The van der Waals surface area contributed by atoms with Crippen LogP contribution in [0.15, 0.2) is 65.6 Å². The van der Waals surface area contributed by atoms with Gasteiger partial charge in [-0.3, -0.25) is 9.59 Å². The average molecular weight is 430 g/mol. The molecule has 0 bridgehead atoms. The zero-order valence-electron chi connectivity index (χ0n) is 17.3. The van der Waals surface area contributed by atoms with Crippen LogP contribution in [-0.2, 0) is 19.6 Å². The van der Waals surface area contributed by atoms with Gasteiger partial charge in [0, 0.05) is 18.3 Å². The molecule has 0 aliphatic heterocycles. The molecule has 0 radical (unpaired) electrons. The number of carbonyl (C=O) groups excluding carboxylic acids is 2. The fourth-order valence-corrected chi connectivity index (χ4v) is 3.51. The van der Waals surface area contributed by atoms with Crippen molar-refractivity contribution in [3.63, 3.8) is 0 Å². The van der Waals surface area contributed by atoms with Crippen LogP contribution in [0.3, 0.4) is 0 Å². The van der Waals surface area contributed by atoms with Gasteiger partial charge >= 0.3 is 0 Å². The van der Waals surface area contributed by atoms with Gasteiger partial charge in [-0.2, -0.15) is 0 Å². The first-order valence-electron chi connectivity index (χ1n) is 9.66. The van der Waals surface area contributed by atoms with E-state index in [1.807, 2.05) is 25.1 Å². The Labute approximate surface area is 177 Å². The zero-order valence-corrected chi connectivity index (χ0v) is 18.1. The molecule has 0 aromatic heterocycles. The highest BCUT2D eigenvalue weighted by molar-refractivity contribution is 7.89. The quantitative estimate of drug-likeness (QED) is 0.599. The molecule has 0 spiro atoms. The molecule has 7 nitrogen and oxygen atoms in total. The van der Waals surface area contributed by atoms with Crippen LogP contribution in [0.5, 0.6) is 0 Å². The minimum atomic E-state index is -3.51. The lowest BCUT2D eigenvalue weighted by Gasteiger charge is -2.27. The number of benzene rings is 2. The third-order valence-electron chi connectivity index (χ3n) is 4.51. The van der Waals surface area contributed by atoms with E-state index in [0.29, 0.717) is 24.2 Å². The Balaban J connectivity index is 2.09. The Morgan fingerprint density at radius 3 is 2.27 bits per heavy atom. The molecule has 2 rings (SSSR count). The summed E-state index contributed by atoms with van der Waals surface area (Å²) in [5, 5.41) is 2.82. The van der Waals surface area contributed by atoms with Crippen LogP contribution < -0.4 is 10.0 Å². The monoisotopic (exact) mass is 429 g/mol. The maximum absolute atomic E-state index is 12.7. The molecular formula is C22H27N3O4S. The van der Waals surface area contributed by atoms with E-state index in [0.717, 1.165) is 0 Å². The first-order chi connectivity index (χ1) is 14.3. The van der Waals surface area contributed by atoms with Crippen molar-refractivity contribution in [3.8, 4) is 0 Å². The number of nitrogens with zero attached hydrogens (tertiary/aromatic N) is 1. The summed E-state index contributed by atoms with van der Waals surface area (Å²) >= 11 is 0. The van der Waals surface area contributed by atoms with Crippen molar-refractivity contribution < 1.29 is 18.0 Å². The van der Waals surface area contributed by atoms with Gasteiger partial charge in [0.2, 0.25) is 21.8 Å². The van der Waals surface area contributed by atoms with E-state index < -0.39 is 16.1 Å². The molecule has 1 unspecified atom stereocenters. The Kier molecular flexibility index (Phi) is 8.32. The normalized spacial score (nSPS) is 12.5. The molecule has 0 saturated carbocycles. The molecule has 0 aliphatic rings. The standard InChI is InChI=1S/C22H27N3O4S/c1-4-16-25(17(2)22(27)24-19-8-6-5-7-9-19)21(26)15-12-18-10-13-20(14-11-18)30(28,29)23-3/h5-15,17,23H,4,16H2,1-3H3,(H,24,27)/b15-12+. The number of anilines is 1. The van der Waals surface area contributed by atoms with Crippen molar-refractivity contribution in [2.75, 3.05) is 18.9 Å². The van der Waals surface area contributed by atoms with E-state index >= 15 is 0 Å². The summed E-state index contributed by atoms with van der Waals surface area (Å²) in [5.74, 6) is -0.558. The molecule has 2 aromatic carbocycles. The van der Waals surface area contributed by atoms with Crippen molar-refractivity contribution in [2.45, 2.75) is 31.2 Å². The van der Waals surface area contributed by atoms with Gasteiger partial charge in [-0.15, -0.1) is 0 Å². The maximum atomic E-state index is 12.7. The minimum Gasteiger partial charge on any atom is -0.327 e. The van der Waals surface area contributed by atoms with E-state index in [-0.39, 0.29) is 16.7 Å². The second-order valence-electron chi connectivity index (χ2n) is 6.67. The maximum Gasteiger partial charge on any atom is 0.247 e. The highest BCUT2D eigenvalue weighted by atomic mass is 32.2. The smallest absolute Gasteiger partial charge is 0.247 e. The Hall–Kier alpha value is -2.97. The van der Waals surface area contributed by atoms with Gasteiger partial charge < -0.3 is 10.2 Å². The molecule has 30 heavy (non-hydrogen) atoms. The molecule has 1 atom stereocenters. The van der Waals surface area contributed by atoms with Gasteiger partial charge in [0.15, 0.2) is 0 Å². The second-order valence-corrected chi connectivity index (χ2v) is 8.56. The highest BCUT2D eigenvalue weighted by Crippen LogP contribution is 2.13. The SMILES string of the molecule is CCCN(C(=O)/C=C/c1ccc(S(=O)(=O)NC)cc1)C(C)C(=O)Nc1ccccc1. The zero-order chi connectivity index (χ0) is 22.1. The summed E-state index contributed by atoms with van der Waals surface area (Å²) in [5.41, 5.74) is 1.35. The molecule has 160 valence electrons. The van der Waals surface area contributed by atoms with Crippen LogP contribution >= 0.6 is 0 Å². The first-order valence-corrected chi connectivity index (χ1v) is 11.1. The van der Waals surface area contributed by atoms with Gasteiger partial charge in [-0.25, -0.2) is 13.1 Å². The topological polar surface area (TPSA) is 95.6 Å². The number of hydrogen-bond donors (Lipinski definition) is 2. The van der Waals surface area contributed by atoms with E-state index in [9.17, 15) is 18.0 Å². The van der Waals surface area contributed by atoms with Crippen LogP contribution in [-0.4, -0.2) is 44.8 Å². The fourth-order valence-electron chi connectivity index (χ4n) is 2.78. The Morgan fingerprint density at radius 1 is 1.07 bits per heavy atom. The summed E-state index contributed by atoms with van der Waals surface area (Å²) in [6, 6.07) is 14.6. The summed E-state index contributed by atoms with van der Waals surface area (Å²) in [7, 11) is -2.16. The predicted octanol–water partition coefficient (Wildman–Crippen LogP) is 2.87. The van der Waals surface area contributed by atoms with Gasteiger partial charge in [-0.1, -0.05) is 37.3 Å². The van der Waals surface area contributed by atoms with Gasteiger partial charge in [0.25, 0.3) is 0 Å². The van der Waals surface area contributed by atoms with Crippen molar-refractivity contribution in [1.29, 1.82) is 0 Å². The number of hydrogen-bond acceptors (Lipinski definition) is 4. The highest BCUT2D eigenvalue weighted by Gasteiger charge is 2.24. The Morgan fingerprint density at radius 2 is 1.70 bits per heavy atom. The Bertz CT molecular complexity index is 987. The van der Waals surface area contributed by atoms with Crippen molar-refractivity contribution in [2.24, 2.45) is 0 Å². The molecule has 8 heteroatoms. The number of amides is 2. The summed E-state index contributed by atoms with van der Waals surface area (Å²) in [4.78, 5) is 27.0. The number of nitrogens with one attached hydrogen (secondary N) is 2. The summed E-state index contributed by atoms with van der Waals surface area (Å²) in [6.07, 6.45) is 3.70. The van der Waals surface area contributed by atoms with Crippen molar-refractivity contribution in [1.82, 2.24) is 9.62 Å². The van der Waals surface area contributed by atoms with Crippen molar-refractivity contribution in [3.05, 3.63) is 66.2 Å². The van der Waals surface area contributed by atoms with Crippen LogP contribution in [0.1, 0.15) is 25.8 Å². The lowest BCUT2D eigenvalue weighted by molar-refractivity contribution is -0.134. The summed E-state index contributed by atoms with van der Waals surface area (Å²) in [6.45, 7) is 4.07. The predicted molar refractivity (Wildman–Crippen MR) is 118 cm³/mol. The van der Waals surface area contributed by atoms with Gasteiger partial charge in [-0.05, 0) is 56.3 Å².